The van der Waals surface area contributed by atoms with E-state index in [2.05, 4.69) is 6.92 Å². The van der Waals surface area contributed by atoms with E-state index in [1.54, 1.807) is 30.3 Å². The van der Waals surface area contributed by atoms with Gasteiger partial charge in [-0.2, -0.15) is 8.42 Å². The third-order valence-corrected chi connectivity index (χ3v) is 4.97. The van der Waals surface area contributed by atoms with Gasteiger partial charge in [-0.1, -0.05) is 70.1 Å². The molecule has 0 spiro atoms. The maximum Gasteiger partial charge on any atom is 0.297 e. The molecular formula is C17H28O3S. The molecule has 0 aromatic heterocycles. The van der Waals surface area contributed by atoms with Gasteiger partial charge in [-0.3, -0.25) is 4.18 Å². The Kier molecular flexibility index (Phi) is 8.62. The van der Waals surface area contributed by atoms with Crippen LogP contribution >= 0.6 is 0 Å². The van der Waals surface area contributed by atoms with Crippen LogP contribution < -0.4 is 0 Å². The smallest absolute Gasteiger partial charge is 0.263 e. The van der Waals surface area contributed by atoms with Gasteiger partial charge in [0.1, 0.15) is 0 Å². The van der Waals surface area contributed by atoms with Gasteiger partial charge in [0, 0.05) is 0 Å². The van der Waals surface area contributed by atoms with Crippen LogP contribution in [0.5, 0.6) is 0 Å². The van der Waals surface area contributed by atoms with E-state index < -0.39 is 10.1 Å². The zero-order valence-electron chi connectivity index (χ0n) is 13.3. The summed E-state index contributed by atoms with van der Waals surface area (Å²) >= 11 is 0. The predicted octanol–water partition coefficient (Wildman–Crippen LogP) is 4.92. The van der Waals surface area contributed by atoms with Crippen LogP contribution in [0, 0.1) is 0 Å². The second-order valence-electron chi connectivity index (χ2n) is 5.58. The highest BCUT2D eigenvalue weighted by molar-refractivity contribution is 7.86. The van der Waals surface area contributed by atoms with Crippen LogP contribution in [-0.4, -0.2) is 14.5 Å². The fourth-order valence-electron chi connectivity index (χ4n) is 2.30. The van der Waals surface area contributed by atoms with Crippen LogP contribution in [0.15, 0.2) is 35.2 Å². The molecule has 21 heavy (non-hydrogen) atoms. The lowest BCUT2D eigenvalue weighted by Crippen LogP contribution is -2.15. The monoisotopic (exact) mass is 312 g/mol. The van der Waals surface area contributed by atoms with Gasteiger partial charge in [0.05, 0.1) is 11.0 Å². The largest absolute Gasteiger partial charge is 0.297 e. The van der Waals surface area contributed by atoms with Gasteiger partial charge in [0.15, 0.2) is 0 Å². The molecule has 1 unspecified atom stereocenters. The summed E-state index contributed by atoms with van der Waals surface area (Å²) in [4.78, 5) is 0.233. The van der Waals surface area contributed by atoms with Gasteiger partial charge < -0.3 is 0 Å². The fourth-order valence-corrected chi connectivity index (χ4v) is 3.43. The molecule has 1 aromatic rings. The zero-order chi connectivity index (χ0) is 15.6. The summed E-state index contributed by atoms with van der Waals surface area (Å²) in [6, 6.07) is 8.33. The van der Waals surface area contributed by atoms with E-state index in [9.17, 15) is 8.42 Å². The van der Waals surface area contributed by atoms with E-state index in [0.717, 1.165) is 19.3 Å². The van der Waals surface area contributed by atoms with E-state index in [-0.39, 0.29) is 11.0 Å². The lowest BCUT2D eigenvalue weighted by molar-refractivity contribution is 0.213. The van der Waals surface area contributed by atoms with Crippen LogP contribution in [0.3, 0.4) is 0 Å². The van der Waals surface area contributed by atoms with Crippen molar-refractivity contribution in [2.24, 2.45) is 0 Å². The summed E-state index contributed by atoms with van der Waals surface area (Å²) in [6.07, 6.45) is 9.12. The second kappa shape index (κ2) is 9.96. The van der Waals surface area contributed by atoms with Gasteiger partial charge in [0.2, 0.25) is 0 Å². The summed E-state index contributed by atoms with van der Waals surface area (Å²) in [7, 11) is -3.61. The molecule has 0 aliphatic heterocycles. The van der Waals surface area contributed by atoms with Gasteiger partial charge in [-0.25, -0.2) is 0 Å². The molecule has 1 rings (SSSR count). The third-order valence-electron chi connectivity index (χ3n) is 3.54. The van der Waals surface area contributed by atoms with Gasteiger partial charge in [-0.15, -0.1) is 0 Å². The molecule has 4 heteroatoms. The maximum atomic E-state index is 12.0. The Morgan fingerprint density at radius 1 is 0.952 bits per heavy atom. The zero-order valence-corrected chi connectivity index (χ0v) is 14.1. The highest BCUT2D eigenvalue weighted by Crippen LogP contribution is 2.17. The molecule has 3 nitrogen and oxygen atoms in total. The molecule has 0 saturated carbocycles. The maximum absolute atomic E-state index is 12.0. The molecular weight excluding hydrogens is 284 g/mol. The topological polar surface area (TPSA) is 43.4 Å². The Hall–Kier alpha value is -0.870. The Morgan fingerprint density at radius 3 is 2.14 bits per heavy atom. The van der Waals surface area contributed by atoms with Crippen molar-refractivity contribution in [1.82, 2.24) is 0 Å². The molecule has 0 saturated heterocycles. The van der Waals surface area contributed by atoms with Crippen molar-refractivity contribution in [2.75, 3.05) is 0 Å². The van der Waals surface area contributed by atoms with Crippen molar-refractivity contribution < 1.29 is 12.6 Å². The SMILES string of the molecule is CCCCCCCCCC(C)OS(=O)(=O)c1ccccc1. The molecule has 0 N–H and O–H groups in total. The number of hydrogen-bond acceptors (Lipinski definition) is 3. The molecule has 0 aliphatic carbocycles. The van der Waals surface area contributed by atoms with Crippen LogP contribution in [0.1, 0.15) is 65.2 Å². The first-order chi connectivity index (χ1) is 10.1. The Balaban J connectivity index is 2.23. The van der Waals surface area contributed by atoms with E-state index in [1.807, 2.05) is 6.92 Å². The predicted molar refractivity (Wildman–Crippen MR) is 86.8 cm³/mol. The van der Waals surface area contributed by atoms with E-state index in [1.165, 1.54) is 32.1 Å². The van der Waals surface area contributed by atoms with E-state index in [4.69, 9.17) is 4.18 Å². The number of unbranched alkanes of at least 4 members (excludes halogenated alkanes) is 6. The quantitative estimate of drug-likeness (QED) is 0.430. The summed E-state index contributed by atoms with van der Waals surface area (Å²) in [6.45, 7) is 4.05. The first kappa shape index (κ1) is 18.2. The van der Waals surface area contributed by atoms with Crippen molar-refractivity contribution in [3.05, 3.63) is 30.3 Å². The third kappa shape index (κ3) is 7.63. The van der Waals surface area contributed by atoms with Gasteiger partial charge >= 0.3 is 0 Å². The minimum absolute atomic E-state index is 0.233. The summed E-state index contributed by atoms with van der Waals surface area (Å²) < 4.78 is 29.3. The summed E-state index contributed by atoms with van der Waals surface area (Å²) in [5, 5.41) is 0. The van der Waals surface area contributed by atoms with Crippen molar-refractivity contribution in [1.29, 1.82) is 0 Å². The highest BCUT2D eigenvalue weighted by atomic mass is 32.2. The average molecular weight is 312 g/mol. The number of hydrogen-bond donors (Lipinski definition) is 0. The molecule has 0 bridgehead atoms. The van der Waals surface area contributed by atoms with Crippen LogP contribution in [0.2, 0.25) is 0 Å². The van der Waals surface area contributed by atoms with Gasteiger partial charge in [-0.05, 0) is 25.5 Å². The van der Waals surface area contributed by atoms with Crippen LogP contribution in [0.25, 0.3) is 0 Å². The molecule has 120 valence electrons. The molecule has 0 heterocycles. The Bertz CT molecular complexity index is 468. The summed E-state index contributed by atoms with van der Waals surface area (Å²) in [5.41, 5.74) is 0. The van der Waals surface area contributed by atoms with Gasteiger partial charge in [0.25, 0.3) is 10.1 Å². The molecule has 0 radical (unpaired) electrons. The van der Waals surface area contributed by atoms with Crippen molar-refractivity contribution in [3.8, 4) is 0 Å². The summed E-state index contributed by atoms with van der Waals surface area (Å²) in [5.74, 6) is 0. The van der Waals surface area contributed by atoms with E-state index in [0.29, 0.717) is 0 Å². The molecule has 1 aromatic carbocycles. The standard InChI is InChI=1S/C17H28O3S/c1-3-4-5-6-7-8-10-13-16(2)20-21(18,19)17-14-11-9-12-15-17/h9,11-12,14-16H,3-8,10,13H2,1-2H3. The lowest BCUT2D eigenvalue weighted by Gasteiger charge is -2.13. The number of rotatable bonds is 11. The average Bonchev–Trinajstić information content (AvgIpc) is 2.47. The minimum Gasteiger partial charge on any atom is -0.263 e. The number of benzene rings is 1. The normalized spacial score (nSPS) is 13.2. The van der Waals surface area contributed by atoms with Crippen LogP contribution in [0.4, 0.5) is 0 Å². The first-order valence-corrected chi connectivity index (χ1v) is 9.45. The minimum atomic E-state index is -3.61. The fraction of sp³-hybridized carbons (Fsp3) is 0.647. The van der Waals surface area contributed by atoms with Crippen molar-refractivity contribution in [2.45, 2.75) is 76.2 Å². The second-order valence-corrected chi connectivity index (χ2v) is 7.16. The molecule has 0 aliphatic rings. The molecule has 1 atom stereocenters. The Labute approximate surface area is 129 Å². The van der Waals surface area contributed by atoms with Crippen LogP contribution in [-0.2, 0) is 14.3 Å². The highest BCUT2D eigenvalue weighted by Gasteiger charge is 2.18. The molecule has 0 fully saturated rings. The lowest BCUT2D eigenvalue weighted by atomic mass is 10.1. The molecule has 0 amide bonds. The van der Waals surface area contributed by atoms with Crippen molar-refractivity contribution in [3.63, 3.8) is 0 Å². The first-order valence-electron chi connectivity index (χ1n) is 8.04. The van der Waals surface area contributed by atoms with E-state index >= 15 is 0 Å². The Morgan fingerprint density at radius 2 is 1.52 bits per heavy atom. The van der Waals surface area contributed by atoms with Crippen molar-refractivity contribution >= 4 is 10.1 Å².